The minimum Gasteiger partial charge on any atom is -0.455 e. The maximum absolute atomic E-state index is 11.7. The first kappa shape index (κ1) is 19.3. The zero-order valence-corrected chi connectivity index (χ0v) is 14.2. The summed E-state index contributed by atoms with van der Waals surface area (Å²) in [5, 5.41) is 5.79. The lowest BCUT2D eigenvalue weighted by Gasteiger charge is -2.08. The molecular weight excluding hydrogens is 343 g/mol. The fourth-order valence-corrected chi connectivity index (χ4v) is 2.05. The van der Waals surface area contributed by atoms with Gasteiger partial charge in [0.2, 0.25) is 5.91 Å². The number of benzene rings is 1. The molecule has 0 unspecified atom stereocenters. The van der Waals surface area contributed by atoms with Gasteiger partial charge >= 0.3 is 5.97 Å². The molecule has 0 atom stereocenters. The van der Waals surface area contributed by atoms with E-state index in [0.717, 1.165) is 6.42 Å². The molecule has 0 saturated heterocycles. The molecule has 8 heteroatoms. The van der Waals surface area contributed by atoms with Crippen molar-refractivity contribution in [3.8, 4) is 0 Å². The van der Waals surface area contributed by atoms with Crippen LogP contribution in [0, 0.1) is 0 Å². The topological polar surface area (TPSA) is 84.5 Å². The molecule has 0 aromatic heterocycles. The zero-order chi connectivity index (χ0) is 17.2. The Morgan fingerprint density at radius 2 is 1.87 bits per heavy atom. The number of rotatable bonds is 8. The van der Waals surface area contributed by atoms with Gasteiger partial charge in [-0.05, 0) is 24.1 Å². The van der Waals surface area contributed by atoms with Crippen LogP contribution in [0.15, 0.2) is 18.2 Å². The van der Waals surface area contributed by atoms with Crippen LogP contribution in [0.4, 0.5) is 0 Å². The van der Waals surface area contributed by atoms with Gasteiger partial charge in [-0.3, -0.25) is 14.4 Å². The zero-order valence-electron chi connectivity index (χ0n) is 12.7. The van der Waals surface area contributed by atoms with Crippen LogP contribution in [0.3, 0.4) is 0 Å². The summed E-state index contributed by atoms with van der Waals surface area (Å²) in [7, 11) is 0. The fraction of sp³-hybridized carbons (Fsp3) is 0.400. The number of amides is 2. The monoisotopic (exact) mass is 360 g/mol. The predicted octanol–water partition coefficient (Wildman–Crippen LogP) is 1.72. The first-order valence-corrected chi connectivity index (χ1v) is 7.81. The SMILES string of the molecule is CCCNC(=O)CNC(=O)COC(=O)Cc1ccc(Cl)cc1Cl. The van der Waals surface area contributed by atoms with Crippen molar-refractivity contribution in [1.29, 1.82) is 0 Å². The summed E-state index contributed by atoms with van der Waals surface area (Å²) in [5.41, 5.74) is 0.556. The summed E-state index contributed by atoms with van der Waals surface area (Å²) in [4.78, 5) is 34.4. The third-order valence-electron chi connectivity index (χ3n) is 2.73. The number of ether oxygens (including phenoxy) is 1. The highest BCUT2D eigenvalue weighted by molar-refractivity contribution is 6.35. The number of esters is 1. The first-order valence-electron chi connectivity index (χ1n) is 7.05. The lowest BCUT2D eigenvalue weighted by Crippen LogP contribution is -2.39. The molecule has 1 aromatic carbocycles. The lowest BCUT2D eigenvalue weighted by molar-refractivity contribution is -0.147. The highest BCUT2D eigenvalue weighted by Gasteiger charge is 2.11. The average molecular weight is 361 g/mol. The average Bonchev–Trinajstić information content (AvgIpc) is 2.51. The van der Waals surface area contributed by atoms with Crippen molar-refractivity contribution in [2.24, 2.45) is 0 Å². The molecule has 0 aliphatic heterocycles. The number of nitrogens with one attached hydrogen (secondary N) is 2. The molecule has 0 spiro atoms. The smallest absolute Gasteiger partial charge is 0.310 e. The van der Waals surface area contributed by atoms with Gasteiger partial charge in [-0.1, -0.05) is 36.2 Å². The van der Waals surface area contributed by atoms with Crippen LogP contribution < -0.4 is 10.6 Å². The van der Waals surface area contributed by atoms with Gasteiger partial charge in [-0.2, -0.15) is 0 Å². The van der Waals surface area contributed by atoms with E-state index in [1.54, 1.807) is 12.1 Å². The van der Waals surface area contributed by atoms with Crippen LogP contribution in [-0.2, 0) is 25.5 Å². The number of hydrogen-bond acceptors (Lipinski definition) is 4. The van der Waals surface area contributed by atoms with E-state index in [1.165, 1.54) is 6.07 Å². The van der Waals surface area contributed by atoms with Crippen LogP contribution in [-0.4, -0.2) is 37.5 Å². The van der Waals surface area contributed by atoms with Crippen molar-refractivity contribution >= 4 is 41.0 Å². The van der Waals surface area contributed by atoms with E-state index < -0.39 is 18.5 Å². The van der Waals surface area contributed by atoms with Gasteiger partial charge in [0.05, 0.1) is 13.0 Å². The normalized spacial score (nSPS) is 10.0. The van der Waals surface area contributed by atoms with E-state index >= 15 is 0 Å². The molecule has 1 aromatic rings. The summed E-state index contributed by atoms with van der Waals surface area (Å²) in [6.07, 6.45) is 0.741. The Morgan fingerprint density at radius 3 is 2.52 bits per heavy atom. The summed E-state index contributed by atoms with van der Waals surface area (Å²) in [6, 6.07) is 4.75. The van der Waals surface area contributed by atoms with E-state index in [2.05, 4.69) is 10.6 Å². The molecule has 0 heterocycles. The van der Waals surface area contributed by atoms with Gasteiger partial charge < -0.3 is 15.4 Å². The Kier molecular flexibility index (Phi) is 8.43. The van der Waals surface area contributed by atoms with Crippen LogP contribution in [0.1, 0.15) is 18.9 Å². The van der Waals surface area contributed by atoms with Crippen molar-refractivity contribution in [3.05, 3.63) is 33.8 Å². The molecule has 1 rings (SSSR count). The molecule has 0 fully saturated rings. The van der Waals surface area contributed by atoms with Gasteiger partial charge in [0, 0.05) is 16.6 Å². The molecule has 0 aliphatic rings. The van der Waals surface area contributed by atoms with Gasteiger partial charge in [-0.25, -0.2) is 0 Å². The Bertz CT molecular complexity index is 579. The Balaban J connectivity index is 2.30. The van der Waals surface area contributed by atoms with E-state index in [0.29, 0.717) is 22.2 Å². The van der Waals surface area contributed by atoms with E-state index in [-0.39, 0.29) is 18.9 Å². The predicted molar refractivity (Wildman–Crippen MR) is 87.4 cm³/mol. The molecule has 0 saturated carbocycles. The third kappa shape index (κ3) is 7.85. The summed E-state index contributed by atoms with van der Waals surface area (Å²) >= 11 is 11.7. The minimum absolute atomic E-state index is 0.0692. The lowest BCUT2D eigenvalue weighted by atomic mass is 10.1. The number of carbonyl (C=O) groups is 3. The van der Waals surface area contributed by atoms with Crippen LogP contribution in [0.25, 0.3) is 0 Å². The van der Waals surface area contributed by atoms with Gasteiger partial charge in [0.15, 0.2) is 6.61 Å². The van der Waals surface area contributed by atoms with Crippen LogP contribution >= 0.6 is 23.2 Å². The van der Waals surface area contributed by atoms with Crippen molar-refractivity contribution in [3.63, 3.8) is 0 Å². The van der Waals surface area contributed by atoms with E-state index in [1.807, 2.05) is 6.92 Å². The largest absolute Gasteiger partial charge is 0.455 e. The highest BCUT2D eigenvalue weighted by atomic mass is 35.5. The molecule has 6 nitrogen and oxygen atoms in total. The Hall–Kier alpha value is -1.79. The van der Waals surface area contributed by atoms with E-state index in [4.69, 9.17) is 27.9 Å². The molecular formula is C15H18Cl2N2O4. The molecule has 126 valence electrons. The Labute approximate surface area is 144 Å². The van der Waals surface area contributed by atoms with E-state index in [9.17, 15) is 14.4 Å². The second-order valence-corrected chi connectivity index (χ2v) is 5.54. The number of carbonyl (C=O) groups excluding carboxylic acids is 3. The molecule has 0 radical (unpaired) electrons. The second-order valence-electron chi connectivity index (χ2n) is 4.70. The Morgan fingerprint density at radius 1 is 1.13 bits per heavy atom. The number of hydrogen-bond donors (Lipinski definition) is 2. The second kappa shape index (κ2) is 10.1. The van der Waals surface area contributed by atoms with Crippen molar-refractivity contribution in [2.45, 2.75) is 19.8 Å². The van der Waals surface area contributed by atoms with Crippen molar-refractivity contribution < 1.29 is 19.1 Å². The molecule has 0 bridgehead atoms. The van der Waals surface area contributed by atoms with Crippen LogP contribution in [0.5, 0.6) is 0 Å². The number of halogens is 2. The molecule has 23 heavy (non-hydrogen) atoms. The molecule has 0 aliphatic carbocycles. The van der Waals surface area contributed by atoms with Gasteiger partial charge in [-0.15, -0.1) is 0 Å². The molecule has 2 amide bonds. The first-order chi connectivity index (χ1) is 10.9. The fourth-order valence-electron chi connectivity index (χ4n) is 1.57. The van der Waals surface area contributed by atoms with Gasteiger partial charge in [0.1, 0.15) is 0 Å². The highest BCUT2D eigenvalue weighted by Crippen LogP contribution is 2.21. The van der Waals surface area contributed by atoms with Crippen molar-refractivity contribution in [2.75, 3.05) is 19.7 Å². The van der Waals surface area contributed by atoms with Crippen molar-refractivity contribution in [1.82, 2.24) is 10.6 Å². The van der Waals surface area contributed by atoms with Gasteiger partial charge in [0.25, 0.3) is 5.91 Å². The third-order valence-corrected chi connectivity index (χ3v) is 3.32. The summed E-state index contributed by atoms with van der Waals surface area (Å²) in [5.74, 6) is -1.44. The minimum atomic E-state index is -0.597. The maximum atomic E-state index is 11.7. The quantitative estimate of drug-likeness (QED) is 0.691. The maximum Gasteiger partial charge on any atom is 0.310 e. The summed E-state index contributed by atoms with van der Waals surface area (Å²) < 4.78 is 4.83. The standard InChI is InChI=1S/C15H18Cl2N2O4/c1-2-5-18-13(20)8-19-14(21)9-23-15(22)6-10-3-4-11(16)7-12(10)17/h3-4,7H,2,5-6,8-9H2,1H3,(H,18,20)(H,19,21). The molecule has 2 N–H and O–H groups in total. The van der Waals surface area contributed by atoms with Crippen LogP contribution in [0.2, 0.25) is 10.0 Å². The summed E-state index contributed by atoms with van der Waals surface area (Å²) in [6.45, 7) is 1.86.